The number of carbonyl (C=O) groups is 1. The van der Waals surface area contributed by atoms with E-state index in [0.717, 1.165) is 5.56 Å². The summed E-state index contributed by atoms with van der Waals surface area (Å²) in [5.41, 5.74) is 7.18. The third kappa shape index (κ3) is 6.47. The fourth-order valence-corrected chi connectivity index (χ4v) is 2.52. The Hall–Kier alpha value is -3.11. The van der Waals surface area contributed by atoms with E-state index in [1.54, 1.807) is 18.5 Å². The van der Waals surface area contributed by atoms with E-state index in [1.807, 2.05) is 12.1 Å². The Morgan fingerprint density at radius 3 is 2.72 bits per heavy atom. The van der Waals surface area contributed by atoms with E-state index in [-0.39, 0.29) is 36.9 Å². The lowest BCUT2D eigenvalue weighted by Gasteiger charge is -2.08. The average Bonchev–Trinajstić information content (AvgIpc) is 3.11. The minimum Gasteiger partial charge on any atom is -0.490 e. The van der Waals surface area contributed by atoms with Crippen LogP contribution in [0, 0.1) is 5.82 Å². The first-order valence-electron chi connectivity index (χ1n) is 8.58. The summed E-state index contributed by atoms with van der Waals surface area (Å²) >= 11 is 0. The fraction of sp³-hybridized carbons (Fsp3) is 0.278. The topological polar surface area (TPSA) is 129 Å². The minimum absolute atomic E-state index is 0. The largest absolute Gasteiger partial charge is 0.490 e. The molecule has 0 spiro atoms. The van der Waals surface area contributed by atoms with Gasteiger partial charge in [-0.25, -0.2) is 4.39 Å². The molecule has 2 heterocycles. The number of hydrogen-bond acceptors (Lipinski definition) is 7. The van der Waals surface area contributed by atoms with Crippen molar-refractivity contribution >= 4 is 18.4 Å². The predicted octanol–water partition coefficient (Wildman–Crippen LogP) is 1.72. The highest BCUT2D eigenvalue weighted by Crippen LogP contribution is 2.23. The van der Waals surface area contributed by atoms with Gasteiger partial charge in [0.1, 0.15) is 0 Å². The molecule has 3 rings (SSSR count). The van der Waals surface area contributed by atoms with Crippen LogP contribution in [0.3, 0.4) is 0 Å². The van der Waals surface area contributed by atoms with E-state index in [1.165, 1.54) is 16.9 Å². The number of ether oxygens (including phenoxy) is 1. The predicted molar refractivity (Wildman–Crippen MR) is 104 cm³/mol. The van der Waals surface area contributed by atoms with Gasteiger partial charge in [0.2, 0.25) is 5.82 Å². The molecule has 3 N–H and O–H groups in total. The number of aromatic nitrogens is 5. The van der Waals surface area contributed by atoms with Crippen LogP contribution in [0.5, 0.6) is 5.75 Å². The third-order valence-electron chi connectivity index (χ3n) is 3.88. The van der Waals surface area contributed by atoms with Gasteiger partial charge in [0, 0.05) is 30.4 Å². The summed E-state index contributed by atoms with van der Waals surface area (Å²) in [6.45, 7) is 0.425. The number of benzene rings is 1. The number of nitrogens with two attached hydrogens (primary N) is 1. The molecule has 0 radical (unpaired) electrons. The molecule has 3 aromatic rings. The van der Waals surface area contributed by atoms with Crippen molar-refractivity contribution in [3.63, 3.8) is 0 Å². The number of nitrogens with zero attached hydrogens (tertiary/aromatic N) is 5. The first-order valence-corrected chi connectivity index (χ1v) is 8.58. The summed E-state index contributed by atoms with van der Waals surface area (Å²) < 4.78 is 19.8. The first kappa shape index (κ1) is 22.2. The smallest absolute Gasteiger partial charge is 0.304 e. The van der Waals surface area contributed by atoms with Crippen LogP contribution in [0.2, 0.25) is 0 Å². The maximum atomic E-state index is 14.3. The number of pyridine rings is 1. The number of halogens is 2. The third-order valence-corrected chi connectivity index (χ3v) is 3.88. The number of carboxylic acids is 1. The quantitative estimate of drug-likeness (QED) is 0.533. The molecule has 1 aromatic carbocycles. The molecule has 11 heteroatoms. The maximum Gasteiger partial charge on any atom is 0.304 e. The average molecular weight is 423 g/mol. The monoisotopic (exact) mass is 422 g/mol. The van der Waals surface area contributed by atoms with E-state index in [0.29, 0.717) is 18.6 Å². The Labute approximate surface area is 172 Å². The van der Waals surface area contributed by atoms with Crippen LogP contribution in [-0.2, 0) is 17.8 Å². The van der Waals surface area contributed by atoms with Crippen molar-refractivity contribution in [1.82, 2.24) is 25.2 Å². The van der Waals surface area contributed by atoms with Gasteiger partial charge in [0.05, 0.1) is 19.6 Å². The van der Waals surface area contributed by atoms with Gasteiger partial charge >= 0.3 is 5.97 Å². The molecule has 1 atom stereocenters. The second-order valence-corrected chi connectivity index (χ2v) is 6.12. The van der Waals surface area contributed by atoms with Crippen LogP contribution in [0.15, 0.2) is 42.7 Å². The van der Waals surface area contributed by atoms with E-state index in [9.17, 15) is 9.18 Å². The normalized spacial score (nSPS) is 11.5. The van der Waals surface area contributed by atoms with Crippen LogP contribution in [0.4, 0.5) is 4.39 Å². The number of carboxylic acid groups (broad SMARTS) is 1. The molecule has 0 unspecified atom stereocenters. The van der Waals surface area contributed by atoms with Gasteiger partial charge in [-0.05, 0) is 41.1 Å². The van der Waals surface area contributed by atoms with E-state index in [4.69, 9.17) is 15.6 Å². The lowest BCUT2D eigenvalue weighted by Crippen LogP contribution is -2.30. The number of hydrogen-bond donors (Lipinski definition) is 2. The standard InChI is InChI=1S/C18H19FN6O3.ClH/c19-15-9-13(18-22-24-25(23-18)11-14(20)10-17(26)27)1-2-16(15)28-8-5-12-3-6-21-7-4-12;/h1-4,6-7,9,14H,5,8,10-11,20H2,(H,26,27);1H/t14-;/m0./s1. The van der Waals surface area contributed by atoms with Gasteiger partial charge in [-0.2, -0.15) is 4.80 Å². The molecule has 0 fully saturated rings. The van der Waals surface area contributed by atoms with Crippen LogP contribution >= 0.6 is 12.4 Å². The number of rotatable bonds is 9. The van der Waals surface area contributed by atoms with Gasteiger partial charge in [0.25, 0.3) is 0 Å². The van der Waals surface area contributed by atoms with E-state index in [2.05, 4.69) is 20.4 Å². The molecule has 0 aliphatic heterocycles. The van der Waals surface area contributed by atoms with Crippen LogP contribution in [-0.4, -0.2) is 48.9 Å². The van der Waals surface area contributed by atoms with E-state index < -0.39 is 17.8 Å². The summed E-state index contributed by atoms with van der Waals surface area (Å²) in [4.78, 5) is 15.8. The van der Waals surface area contributed by atoms with E-state index >= 15 is 0 Å². The van der Waals surface area contributed by atoms with Gasteiger partial charge < -0.3 is 15.6 Å². The highest BCUT2D eigenvalue weighted by atomic mass is 35.5. The summed E-state index contributed by atoms with van der Waals surface area (Å²) in [6.07, 6.45) is 3.81. The molecule has 9 nitrogen and oxygen atoms in total. The lowest BCUT2D eigenvalue weighted by atomic mass is 10.2. The molecular formula is C18H20ClFN6O3. The SMILES string of the molecule is Cl.N[C@@H](CC(=O)O)Cn1nnc(-c2ccc(OCCc3ccncc3)c(F)c2)n1. The Morgan fingerprint density at radius 2 is 2.03 bits per heavy atom. The zero-order valence-electron chi connectivity index (χ0n) is 15.3. The molecule has 29 heavy (non-hydrogen) atoms. The van der Waals surface area contributed by atoms with Crippen molar-refractivity contribution in [3.05, 3.63) is 54.1 Å². The minimum atomic E-state index is -1.01. The molecule has 0 aliphatic carbocycles. The van der Waals surface area contributed by atoms with Gasteiger partial charge in [-0.15, -0.1) is 22.6 Å². The number of aliphatic carboxylic acids is 1. The number of tetrazole rings is 1. The molecule has 2 aromatic heterocycles. The van der Waals surface area contributed by atoms with Crippen molar-refractivity contribution in [1.29, 1.82) is 0 Å². The molecule has 0 saturated heterocycles. The Morgan fingerprint density at radius 1 is 1.28 bits per heavy atom. The molecule has 0 saturated carbocycles. The van der Waals surface area contributed by atoms with Crippen molar-refractivity contribution in [2.24, 2.45) is 5.73 Å². The summed E-state index contributed by atoms with van der Waals surface area (Å²) in [5.74, 6) is -1.20. The second-order valence-electron chi connectivity index (χ2n) is 6.12. The zero-order chi connectivity index (χ0) is 19.9. The molecule has 154 valence electrons. The fourth-order valence-electron chi connectivity index (χ4n) is 2.52. The first-order chi connectivity index (χ1) is 13.5. The molecule has 0 amide bonds. The maximum absolute atomic E-state index is 14.3. The van der Waals surface area contributed by atoms with Crippen molar-refractivity contribution in [3.8, 4) is 17.1 Å². The van der Waals surface area contributed by atoms with Gasteiger partial charge in [-0.3, -0.25) is 9.78 Å². The lowest BCUT2D eigenvalue weighted by molar-refractivity contribution is -0.137. The van der Waals surface area contributed by atoms with Crippen molar-refractivity contribution in [2.75, 3.05) is 6.61 Å². The van der Waals surface area contributed by atoms with Gasteiger partial charge in [0.15, 0.2) is 11.6 Å². The highest BCUT2D eigenvalue weighted by molar-refractivity contribution is 5.85. The second kappa shape index (κ2) is 10.4. The van der Waals surface area contributed by atoms with Crippen molar-refractivity contribution in [2.45, 2.75) is 25.4 Å². The Balaban J connectivity index is 0.00000300. The Bertz CT molecular complexity index is 940. The highest BCUT2D eigenvalue weighted by Gasteiger charge is 2.14. The summed E-state index contributed by atoms with van der Waals surface area (Å²) in [7, 11) is 0. The Kier molecular flexibility index (Phi) is 7.98. The zero-order valence-corrected chi connectivity index (χ0v) is 16.1. The molecular weight excluding hydrogens is 403 g/mol. The molecule has 0 bridgehead atoms. The van der Waals surface area contributed by atoms with Crippen LogP contribution in [0.25, 0.3) is 11.4 Å². The summed E-state index contributed by atoms with van der Waals surface area (Å²) in [5, 5.41) is 20.5. The van der Waals surface area contributed by atoms with Crippen LogP contribution < -0.4 is 10.5 Å². The summed E-state index contributed by atoms with van der Waals surface area (Å²) in [6, 6.07) is 7.51. The van der Waals surface area contributed by atoms with Crippen LogP contribution in [0.1, 0.15) is 12.0 Å². The van der Waals surface area contributed by atoms with Gasteiger partial charge in [-0.1, -0.05) is 0 Å². The molecule has 0 aliphatic rings. The van der Waals surface area contributed by atoms with Crippen molar-refractivity contribution < 1.29 is 19.0 Å².